The van der Waals surface area contributed by atoms with Gasteiger partial charge in [0.15, 0.2) is 0 Å². The molecule has 1 aromatic rings. The number of benzene rings is 1. The van der Waals surface area contributed by atoms with Crippen molar-refractivity contribution in [2.75, 3.05) is 19.7 Å². The first kappa shape index (κ1) is 15.0. The van der Waals surface area contributed by atoms with Crippen LogP contribution >= 0.6 is 0 Å². The highest BCUT2D eigenvalue weighted by Crippen LogP contribution is 2.44. The molecular formula is C16H23NO3. The first-order valence-corrected chi connectivity index (χ1v) is 7.17. The molecule has 1 unspecified atom stereocenters. The molecule has 1 aliphatic carbocycles. The molecule has 110 valence electrons. The number of carbonyl (C=O) groups is 1. The molecule has 1 aliphatic rings. The summed E-state index contributed by atoms with van der Waals surface area (Å²) in [6, 6.07) is 9.67. The van der Waals surface area contributed by atoms with E-state index in [9.17, 15) is 9.90 Å². The molecule has 0 bridgehead atoms. The van der Waals surface area contributed by atoms with Crippen LogP contribution in [0.15, 0.2) is 30.3 Å². The van der Waals surface area contributed by atoms with Crippen molar-refractivity contribution >= 4 is 5.97 Å². The zero-order valence-electron chi connectivity index (χ0n) is 12.0. The van der Waals surface area contributed by atoms with E-state index in [2.05, 4.69) is 5.32 Å². The minimum absolute atomic E-state index is 0.0770. The molecule has 1 atom stereocenters. The molecule has 0 spiro atoms. The summed E-state index contributed by atoms with van der Waals surface area (Å²) in [6.07, 6.45) is 2.15. The van der Waals surface area contributed by atoms with Gasteiger partial charge in [-0.05, 0) is 18.4 Å². The summed E-state index contributed by atoms with van der Waals surface area (Å²) in [5, 5.41) is 12.5. The number of hydrogen-bond acceptors (Lipinski definition) is 4. The topological polar surface area (TPSA) is 58.6 Å². The second-order valence-corrected chi connectivity index (χ2v) is 5.78. The Kier molecular flexibility index (Phi) is 5.15. The first-order chi connectivity index (χ1) is 9.65. The number of aliphatic hydroxyl groups is 1. The Labute approximate surface area is 120 Å². The Balaban J connectivity index is 1.64. The largest absolute Gasteiger partial charge is 0.461 e. The molecule has 0 aromatic heterocycles. The smallest absolute Gasteiger partial charge is 0.310 e. The second kappa shape index (κ2) is 6.86. The number of carbonyl (C=O) groups excluding carboxylic acids is 1. The van der Waals surface area contributed by atoms with E-state index in [1.54, 1.807) is 0 Å². The molecule has 4 heteroatoms. The van der Waals surface area contributed by atoms with Gasteiger partial charge in [-0.15, -0.1) is 0 Å². The van der Waals surface area contributed by atoms with Crippen LogP contribution in [0.4, 0.5) is 0 Å². The van der Waals surface area contributed by atoms with Crippen LogP contribution in [0.2, 0.25) is 0 Å². The summed E-state index contributed by atoms with van der Waals surface area (Å²) >= 11 is 0. The van der Waals surface area contributed by atoms with Crippen LogP contribution in [0.3, 0.4) is 0 Å². The van der Waals surface area contributed by atoms with E-state index >= 15 is 0 Å². The van der Waals surface area contributed by atoms with Gasteiger partial charge in [0, 0.05) is 25.1 Å². The fraction of sp³-hybridized carbons (Fsp3) is 0.562. The molecule has 20 heavy (non-hydrogen) atoms. The van der Waals surface area contributed by atoms with Crippen molar-refractivity contribution in [1.29, 1.82) is 0 Å². The number of aliphatic hydroxyl groups excluding tert-OH is 1. The van der Waals surface area contributed by atoms with Gasteiger partial charge in [-0.2, -0.15) is 0 Å². The highest BCUT2D eigenvalue weighted by atomic mass is 16.5. The van der Waals surface area contributed by atoms with Gasteiger partial charge in [-0.25, -0.2) is 0 Å². The van der Waals surface area contributed by atoms with Crippen LogP contribution in [0.25, 0.3) is 0 Å². The SMILES string of the molecule is CC(CNCC1(CO)CC1)C(=O)OCc1ccccc1. The minimum Gasteiger partial charge on any atom is -0.461 e. The van der Waals surface area contributed by atoms with Gasteiger partial charge in [-0.3, -0.25) is 4.79 Å². The highest BCUT2D eigenvalue weighted by molar-refractivity contribution is 5.72. The highest BCUT2D eigenvalue weighted by Gasteiger charge is 2.41. The van der Waals surface area contributed by atoms with Crippen molar-refractivity contribution in [3.8, 4) is 0 Å². The molecule has 1 fully saturated rings. The third-order valence-corrected chi connectivity index (χ3v) is 3.87. The van der Waals surface area contributed by atoms with E-state index in [0.29, 0.717) is 13.2 Å². The van der Waals surface area contributed by atoms with Crippen LogP contribution in [-0.2, 0) is 16.1 Å². The van der Waals surface area contributed by atoms with E-state index in [1.165, 1.54) is 0 Å². The van der Waals surface area contributed by atoms with Gasteiger partial charge in [0.1, 0.15) is 6.61 Å². The lowest BCUT2D eigenvalue weighted by Crippen LogP contribution is -2.33. The van der Waals surface area contributed by atoms with Gasteiger partial charge >= 0.3 is 5.97 Å². The minimum atomic E-state index is -0.185. The van der Waals surface area contributed by atoms with Crippen molar-refractivity contribution < 1.29 is 14.6 Å². The fourth-order valence-corrected chi connectivity index (χ4v) is 2.08. The maximum atomic E-state index is 11.8. The Morgan fingerprint density at radius 2 is 2.10 bits per heavy atom. The van der Waals surface area contributed by atoms with Crippen LogP contribution in [0.1, 0.15) is 25.3 Å². The molecule has 4 nitrogen and oxygen atoms in total. The van der Waals surface area contributed by atoms with Crippen LogP contribution in [0.5, 0.6) is 0 Å². The van der Waals surface area contributed by atoms with Crippen LogP contribution in [-0.4, -0.2) is 30.8 Å². The van der Waals surface area contributed by atoms with Crippen molar-refractivity contribution in [2.45, 2.75) is 26.4 Å². The number of esters is 1. The molecule has 2 N–H and O–H groups in total. The molecule has 2 rings (SSSR count). The Morgan fingerprint density at radius 1 is 1.40 bits per heavy atom. The summed E-state index contributed by atoms with van der Waals surface area (Å²) in [4.78, 5) is 11.8. The summed E-state index contributed by atoms with van der Waals surface area (Å²) in [6.45, 7) is 3.78. The quantitative estimate of drug-likeness (QED) is 0.711. The number of rotatable bonds is 8. The summed E-state index contributed by atoms with van der Waals surface area (Å²) in [5.74, 6) is -0.358. The van der Waals surface area contributed by atoms with Crippen molar-refractivity contribution in [1.82, 2.24) is 5.32 Å². The molecule has 0 aliphatic heterocycles. The lowest BCUT2D eigenvalue weighted by molar-refractivity contribution is -0.149. The van der Waals surface area contributed by atoms with E-state index in [0.717, 1.165) is 24.9 Å². The first-order valence-electron chi connectivity index (χ1n) is 7.17. The van der Waals surface area contributed by atoms with Gasteiger partial charge in [0.25, 0.3) is 0 Å². The van der Waals surface area contributed by atoms with Crippen molar-refractivity contribution in [3.05, 3.63) is 35.9 Å². The number of hydrogen-bond donors (Lipinski definition) is 2. The molecule has 1 aromatic carbocycles. The Bertz CT molecular complexity index is 429. The third kappa shape index (κ3) is 4.32. The fourth-order valence-electron chi connectivity index (χ4n) is 2.08. The predicted octanol–water partition coefficient (Wildman–Crippen LogP) is 1.73. The molecular weight excluding hydrogens is 254 g/mol. The molecule has 0 saturated heterocycles. The molecule has 0 radical (unpaired) electrons. The summed E-state index contributed by atoms with van der Waals surface area (Å²) in [5.41, 5.74) is 1.08. The average Bonchev–Trinajstić information content (AvgIpc) is 3.26. The van der Waals surface area contributed by atoms with Gasteiger partial charge in [0.05, 0.1) is 5.92 Å². The Morgan fingerprint density at radius 3 is 2.70 bits per heavy atom. The lowest BCUT2D eigenvalue weighted by Gasteiger charge is -2.16. The summed E-state index contributed by atoms with van der Waals surface area (Å²) in [7, 11) is 0. The number of nitrogens with one attached hydrogen (secondary N) is 1. The predicted molar refractivity (Wildman–Crippen MR) is 77.0 cm³/mol. The zero-order chi connectivity index (χ0) is 14.4. The Hall–Kier alpha value is -1.39. The maximum Gasteiger partial charge on any atom is 0.310 e. The van der Waals surface area contributed by atoms with E-state index in [1.807, 2.05) is 37.3 Å². The second-order valence-electron chi connectivity index (χ2n) is 5.78. The monoisotopic (exact) mass is 277 g/mol. The van der Waals surface area contributed by atoms with Crippen LogP contribution in [0, 0.1) is 11.3 Å². The van der Waals surface area contributed by atoms with Crippen LogP contribution < -0.4 is 5.32 Å². The normalized spacial score (nSPS) is 17.5. The van der Waals surface area contributed by atoms with Crippen molar-refractivity contribution in [2.24, 2.45) is 11.3 Å². The third-order valence-electron chi connectivity index (χ3n) is 3.87. The van der Waals surface area contributed by atoms with Crippen molar-refractivity contribution in [3.63, 3.8) is 0 Å². The lowest BCUT2D eigenvalue weighted by atomic mass is 10.1. The van der Waals surface area contributed by atoms with E-state index in [-0.39, 0.29) is 23.9 Å². The number of ether oxygens (including phenoxy) is 1. The average molecular weight is 277 g/mol. The van der Waals surface area contributed by atoms with E-state index < -0.39 is 0 Å². The summed E-state index contributed by atoms with van der Waals surface area (Å²) < 4.78 is 5.29. The molecule has 0 amide bonds. The van der Waals surface area contributed by atoms with Gasteiger partial charge in [0.2, 0.25) is 0 Å². The van der Waals surface area contributed by atoms with Gasteiger partial charge < -0.3 is 15.2 Å². The maximum absolute atomic E-state index is 11.8. The molecule has 1 saturated carbocycles. The molecule has 0 heterocycles. The van der Waals surface area contributed by atoms with Gasteiger partial charge in [-0.1, -0.05) is 37.3 Å². The van der Waals surface area contributed by atoms with E-state index in [4.69, 9.17) is 4.74 Å². The zero-order valence-corrected chi connectivity index (χ0v) is 12.0. The standard InChI is InChI=1S/C16H23NO3/c1-13(9-17-11-16(12-18)7-8-16)15(19)20-10-14-5-3-2-4-6-14/h2-6,13,17-18H,7-12H2,1H3.